The number of benzene rings is 1. The van der Waals surface area contributed by atoms with Gasteiger partial charge in [-0.05, 0) is 61.9 Å². The van der Waals surface area contributed by atoms with Gasteiger partial charge in [-0.1, -0.05) is 23.7 Å². The number of para-hydroxylation sites is 2. The lowest BCUT2D eigenvalue weighted by molar-refractivity contribution is 0.0903. The van der Waals surface area contributed by atoms with Crippen LogP contribution >= 0.6 is 11.6 Å². The molecule has 2 N–H and O–H groups in total. The van der Waals surface area contributed by atoms with Crippen molar-refractivity contribution in [3.8, 4) is 5.69 Å². The molecule has 0 spiro atoms. The summed E-state index contributed by atoms with van der Waals surface area (Å²) in [6.45, 7) is 0.480. The van der Waals surface area contributed by atoms with Gasteiger partial charge in [-0.2, -0.15) is 0 Å². The van der Waals surface area contributed by atoms with E-state index in [2.05, 4.69) is 20.6 Å². The van der Waals surface area contributed by atoms with Gasteiger partial charge in [0.25, 0.3) is 18.2 Å². The van der Waals surface area contributed by atoms with E-state index in [0.29, 0.717) is 30.6 Å². The molecular formula is C28H27ClF2N6O3. The number of alkyl halides is 2. The lowest BCUT2D eigenvalue weighted by atomic mass is 9.85. The molecule has 0 bridgehead atoms. The number of carbonyl (C=O) groups is 2. The van der Waals surface area contributed by atoms with Gasteiger partial charge in [0.2, 0.25) is 0 Å². The van der Waals surface area contributed by atoms with Crippen LogP contribution in [0.3, 0.4) is 0 Å². The Hall–Kier alpha value is -4.12. The molecule has 0 unspecified atom stereocenters. The largest absolute Gasteiger partial charge is 0.354 e. The van der Waals surface area contributed by atoms with Crippen LogP contribution in [0.5, 0.6) is 0 Å². The number of hydrogen-bond donors (Lipinski definition) is 2. The SMILES string of the molecule is CNC(=O)c1cc(-n2c(=O)n(CC3CCC(NC(=O)c4cc(Cl)cnc4C(F)F)CC3)c3ccccc32)ccn1. The third-order valence-electron chi connectivity index (χ3n) is 7.26. The Morgan fingerprint density at radius 2 is 1.77 bits per heavy atom. The Morgan fingerprint density at radius 3 is 2.48 bits per heavy atom. The topological polar surface area (TPSA) is 111 Å². The maximum atomic E-state index is 13.7. The van der Waals surface area contributed by atoms with Gasteiger partial charge < -0.3 is 10.6 Å². The van der Waals surface area contributed by atoms with Crippen LogP contribution < -0.4 is 16.3 Å². The maximum absolute atomic E-state index is 13.7. The molecule has 3 heterocycles. The fourth-order valence-electron chi connectivity index (χ4n) is 5.26. The smallest absolute Gasteiger partial charge is 0.333 e. The molecular weight excluding hydrogens is 542 g/mol. The van der Waals surface area contributed by atoms with Crippen molar-refractivity contribution in [3.05, 3.63) is 87.3 Å². The minimum atomic E-state index is -2.89. The quantitative estimate of drug-likeness (QED) is 0.340. The summed E-state index contributed by atoms with van der Waals surface area (Å²) in [7, 11) is 1.52. The van der Waals surface area contributed by atoms with E-state index >= 15 is 0 Å². The van der Waals surface area contributed by atoms with E-state index in [4.69, 9.17) is 11.6 Å². The number of imidazole rings is 1. The zero-order valence-electron chi connectivity index (χ0n) is 21.6. The van der Waals surface area contributed by atoms with Crippen LogP contribution in [0.2, 0.25) is 5.02 Å². The second-order valence-corrected chi connectivity index (χ2v) is 10.2. The fraction of sp³-hybridized carbons (Fsp3) is 0.321. The van der Waals surface area contributed by atoms with E-state index < -0.39 is 18.0 Å². The van der Waals surface area contributed by atoms with E-state index in [1.165, 1.54) is 19.3 Å². The number of nitrogens with zero attached hydrogens (tertiary/aromatic N) is 4. The van der Waals surface area contributed by atoms with Gasteiger partial charge >= 0.3 is 5.69 Å². The highest BCUT2D eigenvalue weighted by Gasteiger charge is 2.27. The van der Waals surface area contributed by atoms with Gasteiger partial charge in [0.1, 0.15) is 11.4 Å². The van der Waals surface area contributed by atoms with Crippen molar-refractivity contribution < 1.29 is 18.4 Å². The molecule has 0 aliphatic heterocycles. The molecule has 1 aliphatic carbocycles. The standard InChI is InChI=1S/C28H27ClF2N6O3/c1-32-27(39)21-13-19(10-11-33-21)37-23-5-3-2-4-22(23)36(28(37)40)15-16-6-8-18(9-7-16)35-26(38)20-12-17(29)14-34-24(20)25(30)31/h2-5,10-14,16,18,25H,6-9,15H2,1H3,(H,32,39)(H,35,38). The molecule has 0 atom stereocenters. The van der Waals surface area contributed by atoms with Gasteiger partial charge in [-0.25, -0.2) is 13.6 Å². The monoisotopic (exact) mass is 568 g/mol. The average molecular weight is 569 g/mol. The van der Waals surface area contributed by atoms with Crippen LogP contribution in [-0.2, 0) is 6.54 Å². The number of halogens is 3. The summed E-state index contributed by atoms with van der Waals surface area (Å²) < 4.78 is 30.0. The molecule has 9 nitrogen and oxygen atoms in total. The number of pyridine rings is 2. The first kappa shape index (κ1) is 27.4. The summed E-state index contributed by atoms with van der Waals surface area (Å²) in [6, 6.07) is 11.8. The highest BCUT2D eigenvalue weighted by molar-refractivity contribution is 6.30. The van der Waals surface area contributed by atoms with Gasteiger partial charge in [-0.15, -0.1) is 0 Å². The maximum Gasteiger partial charge on any atom is 0.333 e. The molecule has 5 rings (SSSR count). The Kier molecular flexibility index (Phi) is 7.92. The Balaban J connectivity index is 1.32. The average Bonchev–Trinajstić information content (AvgIpc) is 3.24. The number of nitrogens with one attached hydrogen (secondary N) is 2. The van der Waals surface area contributed by atoms with E-state index in [9.17, 15) is 23.2 Å². The molecule has 1 aromatic carbocycles. The third kappa shape index (κ3) is 5.46. The first-order valence-electron chi connectivity index (χ1n) is 12.9. The number of amides is 2. The van der Waals surface area contributed by atoms with Crippen LogP contribution in [-0.4, -0.2) is 44.0 Å². The Bertz CT molecular complexity index is 1630. The number of hydrogen-bond acceptors (Lipinski definition) is 5. The molecule has 12 heteroatoms. The van der Waals surface area contributed by atoms with Crippen molar-refractivity contribution in [2.75, 3.05) is 7.05 Å². The molecule has 1 saturated carbocycles. The van der Waals surface area contributed by atoms with Crippen molar-refractivity contribution in [1.82, 2.24) is 29.7 Å². The number of aromatic nitrogens is 4. The zero-order valence-corrected chi connectivity index (χ0v) is 22.4. The Morgan fingerprint density at radius 1 is 1.05 bits per heavy atom. The lowest BCUT2D eigenvalue weighted by Gasteiger charge is -2.29. The Labute approximate surface area is 233 Å². The number of carbonyl (C=O) groups excluding carboxylic acids is 2. The van der Waals surface area contributed by atoms with Crippen molar-refractivity contribution in [3.63, 3.8) is 0 Å². The van der Waals surface area contributed by atoms with Crippen LogP contribution in [0.1, 0.15) is 58.6 Å². The van der Waals surface area contributed by atoms with Crippen molar-refractivity contribution in [1.29, 1.82) is 0 Å². The van der Waals surface area contributed by atoms with Gasteiger partial charge in [0, 0.05) is 32.0 Å². The van der Waals surface area contributed by atoms with Crippen LogP contribution in [0.4, 0.5) is 8.78 Å². The van der Waals surface area contributed by atoms with Crippen molar-refractivity contribution in [2.24, 2.45) is 5.92 Å². The molecule has 2 amide bonds. The van der Waals surface area contributed by atoms with Crippen molar-refractivity contribution in [2.45, 2.75) is 44.7 Å². The second-order valence-electron chi connectivity index (χ2n) is 9.77. The minimum absolute atomic E-state index is 0.111. The van der Waals surface area contributed by atoms with E-state index in [0.717, 1.165) is 24.6 Å². The van der Waals surface area contributed by atoms with E-state index in [1.54, 1.807) is 21.3 Å². The predicted octanol–water partition coefficient (Wildman–Crippen LogP) is 4.52. The molecule has 0 radical (unpaired) electrons. The molecule has 1 aliphatic rings. The van der Waals surface area contributed by atoms with E-state index in [-0.39, 0.29) is 39.8 Å². The molecule has 3 aromatic heterocycles. The molecule has 208 valence electrons. The normalized spacial score (nSPS) is 17.2. The second kappa shape index (κ2) is 11.5. The summed E-state index contributed by atoms with van der Waals surface area (Å²) in [4.78, 5) is 46.3. The molecule has 40 heavy (non-hydrogen) atoms. The first-order chi connectivity index (χ1) is 19.3. The van der Waals surface area contributed by atoms with Crippen molar-refractivity contribution >= 4 is 34.4 Å². The molecule has 0 saturated heterocycles. The zero-order chi connectivity index (χ0) is 28.4. The van der Waals surface area contributed by atoms with Crippen LogP contribution in [0.25, 0.3) is 16.7 Å². The third-order valence-corrected chi connectivity index (χ3v) is 7.46. The molecule has 1 fully saturated rings. The van der Waals surface area contributed by atoms with Gasteiger partial charge in [-0.3, -0.25) is 28.7 Å². The first-order valence-corrected chi connectivity index (χ1v) is 13.3. The number of rotatable bonds is 7. The summed E-state index contributed by atoms with van der Waals surface area (Å²) in [6.07, 6.45) is 2.46. The summed E-state index contributed by atoms with van der Waals surface area (Å²) in [5.41, 5.74) is 1.19. The highest BCUT2D eigenvalue weighted by atomic mass is 35.5. The molecule has 4 aromatic rings. The number of fused-ring (bicyclic) bond motifs is 1. The summed E-state index contributed by atoms with van der Waals surface area (Å²) in [5.74, 6) is -0.797. The summed E-state index contributed by atoms with van der Waals surface area (Å²) >= 11 is 5.89. The highest BCUT2D eigenvalue weighted by Crippen LogP contribution is 2.29. The predicted molar refractivity (Wildman–Crippen MR) is 146 cm³/mol. The van der Waals surface area contributed by atoms with Gasteiger partial charge in [0.15, 0.2) is 0 Å². The minimum Gasteiger partial charge on any atom is -0.354 e. The van der Waals surface area contributed by atoms with E-state index in [1.807, 2.05) is 24.3 Å². The lowest BCUT2D eigenvalue weighted by Crippen LogP contribution is -2.39. The van der Waals surface area contributed by atoms with Gasteiger partial charge in [0.05, 0.1) is 27.3 Å². The van der Waals surface area contributed by atoms with Crippen LogP contribution in [0, 0.1) is 5.92 Å². The van der Waals surface area contributed by atoms with Crippen LogP contribution in [0.15, 0.2) is 59.7 Å². The fourth-order valence-corrected chi connectivity index (χ4v) is 5.42. The summed E-state index contributed by atoms with van der Waals surface area (Å²) in [5, 5.41) is 5.50.